The Morgan fingerprint density at radius 1 is 1.24 bits per heavy atom. The molecule has 4 aliphatic carbocycles. The fourth-order valence-corrected chi connectivity index (χ4v) is 7.40. The van der Waals surface area contributed by atoms with Crippen LogP contribution in [0.15, 0.2) is 23.8 Å². The molecule has 2 N–H and O–H groups in total. The van der Waals surface area contributed by atoms with E-state index in [0.717, 1.165) is 0 Å². The van der Waals surface area contributed by atoms with Crippen LogP contribution in [-0.4, -0.2) is 45.8 Å². The Bertz CT molecular complexity index is 984. The number of alkyl halides is 1. The predicted octanol–water partition coefficient (Wildman–Crippen LogP) is -5.24. The molecule has 4 aliphatic rings. The summed E-state index contributed by atoms with van der Waals surface area (Å²) in [6.07, 6.45) is 3.20. The Morgan fingerprint density at radius 2 is 1.85 bits per heavy atom. The van der Waals surface area contributed by atoms with E-state index in [2.05, 4.69) is 4.52 Å². The summed E-state index contributed by atoms with van der Waals surface area (Å²) in [6, 6.07) is 0. The second-order valence-electron chi connectivity index (χ2n) is 10.3. The van der Waals surface area contributed by atoms with Crippen molar-refractivity contribution < 1.29 is 102 Å². The molecule has 0 amide bonds. The van der Waals surface area contributed by atoms with Gasteiger partial charge in [0.1, 0.15) is 0 Å². The molecule has 0 radical (unpaired) electrons. The van der Waals surface area contributed by atoms with Crippen LogP contribution in [0.2, 0.25) is 0 Å². The molecular weight excluding hydrogens is 488 g/mol. The van der Waals surface area contributed by atoms with Crippen molar-refractivity contribution in [2.75, 3.05) is 6.61 Å². The standard InChI is InChI=1S/C22H30FO8P.2Na/c1-12-8-16-15-5-4-13-9-14(24)6-7-19(13,2)22(15,23)17(25)10-20(16,3)21(27,18(12)26)11-31-32(28,29)30;;/h6-7,9,12,15-17,25,27H,4-5,8,10-11H2,1-3H3,(H2,28,29,30);;/q;2*+1/p-2/t12-,15+,16+,17+,19+,20+,21-,22+;;/m1../s1. The molecule has 0 unspecified atom stereocenters. The van der Waals surface area contributed by atoms with Crippen LogP contribution in [0.3, 0.4) is 0 Å². The molecule has 8 atom stereocenters. The number of rotatable bonds is 3. The molecule has 34 heavy (non-hydrogen) atoms. The van der Waals surface area contributed by atoms with E-state index < -0.39 is 66.2 Å². The predicted molar refractivity (Wildman–Crippen MR) is 106 cm³/mol. The Kier molecular flexibility index (Phi) is 8.96. The van der Waals surface area contributed by atoms with E-state index in [0.29, 0.717) is 12.0 Å². The molecule has 0 bridgehead atoms. The normalized spacial score (nSPS) is 45.7. The Balaban J connectivity index is 0.00000204. The van der Waals surface area contributed by atoms with Crippen molar-refractivity contribution in [1.82, 2.24) is 0 Å². The van der Waals surface area contributed by atoms with E-state index in [1.165, 1.54) is 25.2 Å². The molecule has 3 saturated carbocycles. The average molecular weight is 516 g/mol. The summed E-state index contributed by atoms with van der Waals surface area (Å²) < 4.78 is 32.5. The van der Waals surface area contributed by atoms with Crippen LogP contribution in [0.25, 0.3) is 0 Å². The molecule has 0 aromatic carbocycles. The SMILES string of the molecule is C[C@@H]1C[C@H]2[C@@H]3CCC4=CC(=O)C=C[C@]4(C)[C@@]3(F)[C@@H](O)C[C@]2(C)[C@@](O)(COP(=O)([O-])[O-])C1=O.[Na+].[Na+]. The van der Waals surface area contributed by atoms with Crippen LogP contribution in [-0.2, 0) is 18.7 Å². The van der Waals surface area contributed by atoms with Gasteiger partial charge in [-0.1, -0.05) is 25.5 Å². The number of halogens is 1. The number of carbonyl (C=O) groups is 2. The summed E-state index contributed by atoms with van der Waals surface area (Å²) in [6.45, 7) is 3.68. The Morgan fingerprint density at radius 3 is 2.44 bits per heavy atom. The monoisotopic (exact) mass is 516 g/mol. The van der Waals surface area contributed by atoms with Gasteiger partial charge in [-0.2, -0.15) is 0 Å². The number of ketones is 2. The minimum atomic E-state index is -5.49. The summed E-state index contributed by atoms with van der Waals surface area (Å²) in [7, 11) is -5.49. The smallest absolute Gasteiger partial charge is 0.790 e. The topological polar surface area (TPSA) is 147 Å². The maximum Gasteiger partial charge on any atom is 1.00 e. The zero-order valence-corrected chi connectivity index (χ0v) is 25.1. The Labute approximate surface area is 242 Å². The van der Waals surface area contributed by atoms with Crippen molar-refractivity contribution in [3.05, 3.63) is 23.8 Å². The quantitative estimate of drug-likeness (QED) is 0.280. The average Bonchev–Trinajstić information content (AvgIpc) is 2.69. The number of phosphoric acid groups is 1. The molecule has 0 spiro atoms. The summed E-state index contributed by atoms with van der Waals surface area (Å²) in [5, 5.41) is 22.7. The summed E-state index contributed by atoms with van der Waals surface area (Å²) >= 11 is 0. The van der Waals surface area contributed by atoms with Crippen molar-refractivity contribution in [3.63, 3.8) is 0 Å². The van der Waals surface area contributed by atoms with Gasteiger partial charge in [0, 0.05) is 22.7 Å². The van der Waals surface area contributed by atoms with Crippen LogP contribution in [0, 0.1) is 28.6 Å². The molecule has 4 rings (SSSR count). The van der Waals surface area contributed by atoms with Crippen molar-refractivity contribution in [2.24, 2.45) is 28.6 Å². The number of fused-ring (bicyclic) bond motifs is 5. The van der Waals surface area contributed by atoms with Gasteiger partial charge in [-0.3, -0.25) is 9.59 Å². The molecular formula is C22H28FNa2O8P. The minimum Gasteiger partial charge on any atom is -0.790 e. The number of carbonyl (C=O) groups excluding carboxylic acids is 2. The first-order valence-electron chi connectivity index (χ1n) is 10.8. The van der Waals surface area contributed by atoms with Gasteiger partial charge in [-0.25, -0.2) is 4.39 Å². The van der Waals surface area contributed by atoms with E-state index in [4.69, 9.17) is 0 Å². The van der Waals surface area contributed by atoms with Crippen molar-refractivity contribution in [1.29, 1.82) is 0 Å². The second-order valence-corrected chi connectivity index (χ2v) is 11.5. The number of phosphoric ester groups is 1. The first-order valence-corrected chi connectivity index (χ1v) is 12.3. The van der Waals surface area contributed by atoms with E-state index >= 15 is 4.39 Å². The Hall–Kier alpha value is 0.780. The summed E-state index contributed by atoms with van der Waals surface area (Å²) in [5.41, 5.74) is -6.59. The van der Waals surface area contributed by atoms with Crippen LogP contribution in [0.4, 0.5) is 4.39 Å². The number of allylic oxidation sites excluding steroid dienone is 4. The maximum absolute atomic E-state index is 17.1. The zero-order valence-electron chi connectivity index (χ0n) is 20.2. The molecule has 12 heteroatoms. The second kappa shape index (κ2) is 9.83. The van der Waals surface area contributed by atoms with Crippen molar-refractivity contribution in [2.45, 2.75) is 63.8 Å². The first-order chi connectivity index (χ1) is 14.6. The largest absolute Gasteiger partial charge is 1.00 e. The van der Waals surface area contributed by atoms with Crippen LogP contribution < -0.4 is 68.9 Å². The molecule has 8 nitrogen and oxygen atoms in total. The molecule has 0 saturated heterocycles. The first kappa shape index (κ1) is 31.0. The third kappa shape index (κ3) is 4.30. The van der Waals surface area contributed by atoms with Gasteiger partial charge in [-0.05, 0) is 50.7 Å². The van der Waals surface area contributed by atoms with Crippen LogP contribution >= 0.6 is 7.82 Å². The van der Waals surface area contributed by atoms with Crippen LogP contribution in [0.5, 0.6) is 0 Å². The van der Waals surface area contributed by atoms with Gasteiger partial charge in [0.15, 0.2) is 22.8 Å². The summed E-state index contributed by atoms with van der Waals surface area (Å²) in [5.74, 6) is -3.03. The minimum absolute atomic E-state index is 0. The summed E-state index contributed by atoms with van der Waals surface area (Å²) in [4.78, 5) is 47.2. The zero-order chi connectivity index (χ0) is 23.9. The van der Waals surface area contributed by atoms with Gasteiger partial charge < -0.3 is 29.1 Å². The van der Waals surface area contributed by atoms with Gasteiger partial charge in [0.2, 0.25) is 0 Å². The number of hydrogen-bond donors (Lipinski definition) is 2. The van der Waals surface area contributed by atoms with E-state index in [-0.39, 0.29) is 84.2 Å². The number of hydrogen-bond acceptors (Lipinski definition) is 8. The number of aliphatic hydroxyl groups excluding tert-OH is 1. The van der Waals surface area contributed by atoms with Gasteiger partial charge >= 0.3 is 59.1 Å². The van der Waals surface area contributed by atoms with Gasteiger partial charge in [0.25, 0.3) is 0 Å². The number of Topliss-reactive ketones (excluding diaryl/α,β-unsaturated/α-hetero) is 1. The maximum atomic E-state index is 17.1. The fourth-order valence-electron chi connectivity index (χ4n) is 7.06. The molecule has 178 valence electrons. The van der Waals surface area contributed by atoms with Gasteiger partial charge in [-0.15, -0.1) is 0 Å². The van der Waals surface area contributed by atoms with E-state index in [1.807, 2.05) is 0 Å². The van der Waals surface area contributed by atoms with E-state index in [1.54, 1.807) is 13.8 Å². The molecule has 0 aromatic rings. The number of aliphatic hydroxyl groups is 2. The third-order valence-corrected chi connectivity index (χ3v) is 9.32. The molecule has 3 fully saturated rings. The molecule has 0 aromatic heterocycles. The molecule has 0 heterocycles. The third-order valence-electron chi connectivity index (χ3n) is 8.87. The van der Waals surface area contributed by atoms with Crippen molar-refractivity contribution in [3.8, 4) is 0 Å². The molecule has 0 aliphatic heterocycles. The van der Waals surface area contributed by atoms with E-state index in [9.17, 15) is 34.2 Å². The van der Waals surface area contributed by atoms with Gasteiger partial charge in [0.05, 0.1) is 20.5 Å². The van der Waals surface area contributed by atoms with Crippen LogP contribution in [0.1, 0.15) is 46.5 Å². The van der Waals surface area contributed by atoms with Crippen molar-refractivity contribution >= 4 is 19.4 Å². The fraction of sp³-hybridized carbons (Fsp3) is 0.727.